The number of aliphatic carboxylic acids is 1. The lowest BCUT2D eigenvalue weighted by Gasteiger charge is -2.13. The average Bonchev–Trinajstić information content (AvgIpc) is 2.44. The maximum absolute atomic E-state index is 10.8. The van der Waals surface area contributed by atoms with E-state index in [-0.39, 0.29) is 19.6 Å². The molecule has 0 aromatic heterocycles. The molecule has 4 N–H and O–H groups in total. The molecule has 0 aliphatic carbocycles. The van der Waals surface area contributed by atoms with Gasteiger partial charge in [-0.05, 0) is 93.6 Å². The van der Waals surface area contributed by atoms with Crippen LogP contribution < -0.4 is 10.5 Å². The van der Waals surface area contributed by atoms with Crippen molar-refractivity contribution < 1.29 is 19.7 Å². The predicted molar refractivity (Wildman–Crippen MR) is 106 cm³/mol. The molecule has 1 atom stereocenters. The number of hydrogen-bond donors (Lipinski definition) is 3. The van der Waals surface area contributed by atoms with Gasteiger partial charge < -0.3 is 20.7 Å². The first kappa shape index (κ1) is 20.0. The van der Waals surface area contributed by atoms with Crippen LogP contribution in [0.5, 0.6) is 17.2 Å². The normalized spacial score (nSPS) is 11.4. The smallest absolute Gasteiger partial charge is 0.320 e. The van der Waals surface area contributed by atoms with Gasteiger partial charge in [-0.15, -0.1) is 0 Å². The largest absolute Gasteiger partial charge is 0.508 e. The second-order valence-corrected chi connectivity index (χ2v) is 6.96. The monoisotopic (exact) mass is 541 g/mol. The highest BCUT2D eigenvalue weighted by Crippen LogP contribution is 2.33. The van der Waals surface area contributed by atoms with Gasteiger partial charge in [0.15, 0.2) is 5.75 Å². The van der Waals surface area contributed by atoms with E-state index >= 15 is 0 Å². The molecule has 0 aliphatic heterocycles. The van der Waals surface area contributed by atoms with E-state index in [0.717, 1.165) is 12.7 Å². The van der Waals surface area contributed by atoms with E-state index in [9.17, 15) is 9.90 Å². The number of benzene rings is 2. The second kappa shape index (κ2) is 8.69. The first-order chi connectivity index (χ1) is 10.4. The fraction of sp³-hybridized carbons (Fsp3) is 0.188. The Bertz CT molecular complexity index is 666. The zero-order chi connectivity index (χ0) is 16.3. The molecule has 0 radical (unpaired) electrons. The Labute approximate surface area is 162 Å². The van der Waals surface area contributed by atoms with Crippen LogP contribution >= 0.6 is 45.2 Å². The Kier molecular flexibility index (Phi) is 7.55. The van der Waals surface area contributed by atoms with Crippen LogP contribution in [0.4, 0.5) is 0 Å². The molecule has 5 nitrogen and oxygen atoms in total. The van der Waals surface area contributed by atoms with Crippen molar-refractivity contribution in [3.05, 3.63) is 49.1 Å². The molecule has 0 heterocycles. The number of phenols is 1. The summed E-state index contributed by atoms with van der Waals surface area (Å²) in [4.78, 5) is 10.8. The highest BCUT2D eigenvalue weighted by molar-refractivity contribution is 14.1. The van der Waals surface area contributed by atoms with E-state index in [1.54, 1.807) is 24.3 Å². The molecule has 0 saturated carbocycles. The summed E-state index contributed by atoms with van der Waals surface area (Å²) < 4.78 is 7.56. The van der Waals surface area contributed by atoms with Crippen LogP contribution in [0, 0.1) is 7.14 Å². The lowest BCUT2D eigenvalue weighted by molar-refractivity contribution is -0.138. The van der Waals surface area contributed by atoms with Crippen molar-refractivity contribution in [1.29, 1.82) is 0 Å². The first-order valence-corrected chi connectivity index (χ1v) is 8.45. The second-order valence-electron chi connectivity index (χ2n) is 4.63. The number of phenolic OH excluding ortho intramolecular Hbond substituents is 1. The fourth-order valence-corrected chi connectivity index (χ4v) is 3.92. The Hall–Kier alpha value is -1.07. The molecule has 0 spiro atoms. The fourth-order valence-electron chi connectivity index (χ4n) is 1.80. The Morgan fingerprint density at radius 2 is 1.70 bits per heavy atom. The van der Waals surface area contributed by atoms with Crippen LogP contribution in [0.2, 0.25) is 0 Å². The molecule has 124 valence electrons. The quantitative estimate of drug-likeness (QED) is 0.499. The van der Waals surface area contributed by atoms with Crippen LogP contribution in [0.1, 0.15) is 13.0 Å². The molecule has 23 heavy (non-hydrogen) atoms. The number of nitrogens with two attached hydrogens (primary N) is 1. The van der Waals surface area contributed by atoms with Crippen LogP contribution in [0.25, 0.3) is 0 Å². The van der Waals surface area contributed by atoms with E-state index in [1.807, 2.05) is 12.1 Å². The lowest BCUT2D eigenvalue weighted by Crippen LogP contribution is -2.32. The number of aromatic hydroxyl groups is 1. The van der Waals surface area contributed by atoms with Gasteiger partial charge in [0.25, 0.3) is 0 Å². The van der Waals surface area contributed by atoms with Crippen LogP contribution in [0.15, 0.2) is 36.4 Å². The minimum Gasteiger partial charge on any atom is -0.508 e. The number of carboxylic acid groups (broad SMARTS) is 1. The van der Waals surface area contributed by atoms with Gasteiger partial charge in [0.1, 0.15) is 17.5 Å². The van der Waals surface area contributed by atoms with Gasteiger partial charge in [-0.25, -0.2) is 0 Å². The molecule has 7 heteroatoms. The zero-order valence-electron chi connectivity index (χ0n) is 11.3. The highest BCUT2D eigenvalue weighted by atomic mass is 127. The van der Waals surface area contributed by atoms with E-state index in [0.29, 0.717) is 11.5 Å². The molecule has 2 rings (SSSR count). The third-order valence-electron chi connectivity index (χ3n) is 2.89. The lowest BCUT2D eigenvalue weighted by atomic mass is 10.1. The van der Waals surface area contributed by atoms with Crippen molar-refractivity contribution in [1.82, 2.24) is 0 Å². The van der Waals surface area contributed by atoms with Crippen LogP contribution in [-0.2, 0) is 11.2 Å². The molecule has 0 bridgehead atoms. The van der Waals surface area contributed by atoms with Crippen LogP contribution in [-0.4, -0.2) is 22.2 Å². The molecule has 2 aromatic carbocycles. The van der Waals surface area contributed by atoms with E-state index in [4.69, 9.17) is 15.6 Å². The summed E-state index contributed by atoms with van der Waals surface area (Å²) in [6.45, 7) is 0. The number of carboxylic acids is 1. The van der Waals surface area contributed by atoms with Gasteiger partial charge >= 0.3 is 5.97 Å². The average molecular weight is 541 g/mol. The van der Waals surface area contributed by atoms with Gasteiger partial charge in [-0.1, -0.05) is 7.43 Å². The van der Waals surface area contributed by atoms with E-state index < -0.39 is 12.0 Å². The minimum absolute atomic E-state index is 0. The van der Waals surface area contributed by atoms with Crippen molar-refractivity contribution in [3.8, 4) is 17.2 Å². The van der Waals surface area contributed by atoms with Crippen molar-refractivity contribution in [3.63, 3.8) is 0 Å². The highest BCUT2D eigenvalue weighted by Gasteiger charge is 2.15. The summed E-state index contributed by atoms with van der Waals surface area (Å²) in [5, 5.41) is 18.2. The Morgan fingerprint density at radius 3 is 2.17 bits per heavy atom. The summed E-state index contributed by atoms with van der Waals surface area (Å²) in [6.07, 6.45) is 0.265. The molecule has 0 amide bonds. The number of rotatable bonds is 5. The van der Waals surface area contributed by atoms with Crippen molar-refractivity contribution >= 4 is 51.2 Å². The molecular weight excluding hydrogens is 524 g/mol. The molecule has 0 fully saturated rings. The standard InChI is InChI=1S/C15H13I2NO4.CH4/c16-11-5-8(7-13(18)15(20)21)6-12(17)14(11)22-10-3-1-9(19)2-4-10;/h1-6,13,19H,7,18H2,(H,20,21);1H4/t13-;/m0./s1. The third-order valence-corrected chi connectivity index (χ3v) is 4.49. The molecule has 0 unspecified atom stereocenters. The molecular formula is C16H17I2NO4. The SMILES string of the molecule is C.N[C@@H](Cc1cc(I)c(Oc2ccc(O)cc2)c(I)c1)C(=O)O. The van der Waals surface area contributed by atoms with Gasteiger partial charge in [0, 0.05) is 0 Å². The maximum atomic E-state index is 10.8. The van der Waals surface area contributed by atoms with E-state index in [1.165, 1.54) is 0 Å². The van der Waals surface area contributed by atoms with Crippen LogP contribution in [0.3, 0.4) is 0 Å². The Morgan fingerprint density at radius 1 is 1.17 bits per heavy atom. The molecule has 2 aromatic rings. The third kappa shape index (κ3) is 5.50. The summed E-state index contributed by atoms with van der Waals surface area (Å²) in [6, 6.07) is 9.26. The zero-order valence-corrected chi connectivity index (χ0v) is 15.6. The van der Waals surface area contributed by atoms with Gasteiger partial charge in [-0.2, -0.15) is 0 Å². The van der Waals surface area contributed by atoms with Gasteiger partial charge in [0.05, 0.1) is 7.14 Å². The first-order valence-electron chi connectivity index (χ1n) is 6.30. The van der Waals surface area contributed by atoms with Crippen molar-refractivity contribution in [2.45, 2.75) is 19.9 Å². The number of ether oxygens (including phenoxy) is 1. The number of halogens is 2. The minimum atomic E-state index is -1.02. The summed E-state index contributed by atoms with van der Waals surface area (Å²) in [5.74, 6) is 0.465. The summed E-state index contributed by atoms with van der Waals surface area (Å²) in [5.41, 5.74) is 6.41. The number of hydrogen-bond acceptors (Lipinski definition) is 4. The molecule has 0 aliphatic rings. The number of carbonyl (C=O) groups is 1. The van der Waals surface area contributed by atoms with Crippen molar-refractivity contribution in [2.75, 3.05) is 0 Å². The molecule has 0 saturated heterocycles. The Balaban J connectivity index is 0.00000264. The maximum Gasteiger partial charge on any atom is 0.320 e. The van der Waals surface area contributed by atoms with Gasteiger partial charge in [0.2, 0.25) is 0 Å². The topological polar surface area (TPSA) is 92.8 Å². The predicted octanol–water partition coefficient (Wildman–Crippen LogP) is 3.98. The van der Waals surface area contributed by atoms with E-state index in [2.05, 4.69) is 45.2 Å². The summed E-state index contributed by atoms with van der Waals surface area (Å²) in [7, 11) is 0. The van der Waals surface area contributed by atoms with Crippen molar-refractivity contribution in [2.24, 2.45) is 5.73 Å². The van der Waals surface area contributed by atoms with Gasteiger partial charge in [-0.3, -0.25) is 4.79 Å². The summed E-state index contributed by atoms with van der Waals surface area (Å²) >= 11 is 4.28.